The highest BCUT2D eigenvalue weighted by atomic mass is 16.2. The number of hydrogen-bond donors (Lipinski definition) is 1. The van der Waals surface area contributed by atoms with Crippen LogP contribution in [0.25, 0.3) is 5.78 Å². The Kier molecular flexibility index (Phi) is 3.50. The molecule has 1 aliphatic rings. The molecule has 0 aliphatic carbocycles. The number of carbonyl (C=O) groups is 3. The van der Waals surface area contributed by atoms with Crippen LogP contribution in [-0.4, -0.2) is 48.2 Å². The lowest BCUT2D eigenvalue weighted by molar-refractivity contribution is -0.119. The summed E-state index contributed by atoms with van der Waals surface area (Å²) in [7, 11) is 0. The van der Waals surface area contributed by atoms with Crippen LogP contribution < -0.4 is 5.32 Å². The molecule has 3 amide bonds. The summed E-state index contributed by atoms with van der Waals surface area (Å²) in [5, 5.41) is 6.70. The average Bonchev–Trinajstić information content (AvgIpc) is 3.15. The van der Waals surface area contributed by atoms with Gasteiger partial charge in [0.25, 0.3) is 23.5 Å². The monoisotopic (exact) mass is 350 g/mol. The van der Waals surface area contributed by atoms with Crippen LogP contribution in [0, 0.1) is 6.92 Å². The number of carbonyl (C=O) groups excluding carboxylic acids is 3. The van der Waals surface area contributed by atoms with Gasteiger partial charge >= 0.3 is 0 Å². The van der Waals surface area contributed by atoms with Crippen molar-refractivity contribution < 1.29 is 14.4 Å². The molecule has 1 aliphatic heterocycles. The molecule has 1 N–H and O–H groups in total. The number of aryl methyl sites for hydroxylation is 1. The summed E-state index contributed by atoms with van der Waals surface area (Å²) < 4.78 is 1.49. The van der Waals surface area contributed by atoms with Crippen LogP contribution in [0.4, 0.5) is 5.95 Å². The van der Waals surface area contributed by atoms with Gasteiger partial charge in [-0.25, -0.2) is 4.98 Å². The van der Waals surface area contributed by atoms with E-state index < -0.39 is 23.8 Å². The smallest absolute Gasteiger partial charge is 0.262 e. The number of benzene rings is 1. The van der Waals surface area contributed by atoms with Crippen molar-refractivity contribution in [2.24, 2.45) is 0 Å². The quantitative estimate of drug-likeness (QED) is 0.707. The van der Waals surface area contributed by atoms with Crippen LogP contribution in [0.3, 0.4) is 0 Å². The van der Waals surface area contributed by atoms with E-state index in [1.165, 1.54) is 11.4 Å². The predicted octanol–water partition coefficient (Wildman–Crippen LogP) is 1.06. The second kappa shape index (κ2) is 5.73. The second-order valence-electron chi connectivity index (χ2n) is 5.92. The number of nitrogens with zero attached hydrogens (tertiary/aromatic N) is 5. The van der Waals surface area contributed by atoms with Gasteiger partial charge < -0.3 is 0 Å². The zero-order chi connectivity index (χ0) is 18.4. The zero-order valence-electron chi connectivity index (χ0n) is 14.0. The Hall–Kier alpha value is -3.62. The van der Waals surface area contributed by atoms with Crippen molar-refractivity contribution in [2.45, 2.75) is 19.9 Å². The van der Waals surface area contributed by atoms with E-state index in [0.717, 1.165) is 10.6 Å². The van der Waals surface area contributed by atoms with Gasteiger partial charge in [0, 0.05) is 11.9 Å². The first kappa shape index (κ1) is 15.9. The Morgan fingerprint density at radius 3 is 2.38 bits per heavy atom. The molecule has 0 radical (unpaired) electrons. The molecule has 130 valence electrons. The van der Waals surface area contributed by atoms with Crippen molar-refractivity contribution in [1.82, 2.24) is 24.5 Å². The molecule has 26 heavy (non-hydrogen) atoms. The number of hydrogen-bond acceptors (Lipinski definition) is 6. The summed E-state index contributed by atoms with van der Waals surface area (Å²) in [5.74, 6) is -1.15. The van der Waals surface area contributed by atoms with Crippen molar-refractivity contribution in [3.05, 3.63) is 53.3 Å². The highest BCUT2D eigenvalue weighted by Crippen LogP contribution is 2.24. The van der Waals surface area contributed by atoms with E-state index in [4.69, 9.17) is 0 Å². The number of anilines is 1. The maximum atomic E-state index is 12.5. The molecule has 0 saturated heterocycles. The third-order valence-corrected chi connectivity index (χ3v) is 4.26. The van der Waals surface area contributed by atoms with Gasteiger partial charge in [-0.05, 0) is 32.0 Å². The largest absolute Gasteiger partial charge is 0.291 e. The summed E-state index contributed by atoms with van der Waals surface area (Å²) in [6.07, 6.45) is 1.59. The molecule has 1 unspecified atom stereocenters. The average molecular weight is 350 g/mol. The third-order valence-electron chi connectivity index (χ3n) is 4.26. The summed E-state index contributed by atoms with van der Waals surface area (Å²) in [6, 6.07) is 7.23. The van der Waals surface area contributed by atoms with Gasteiger partial charge in [0.2, 0.25) is 5.91 Å². The van der Waals surface area contributed by atoms with E-state index in [-0.39, 0.29) is 5.95 Å². The molecule has 9 heteroatoms. The first-order valence-corrected chi connectivity index (χ1v) is 7.93. The lowest BCUT2D eigenvalue weighted by Crippen LogP contribution is -2.45. The topological polar surface area (TPSA) is 110 Å². The van der Waals surface area contributed by atoms with E-state index in [9.17, 15) is 14.4 Å². The van der Waals surface area contributed by atoms with Crippen LogP contribution in [0.15, 0.2) is 36.5 Å². The number of aromatic nitrogens is 4. The molecule has 9 nitrogen and oxygen atoms in total. The zero-order valence-corrected chi connectivity index (χ0v) is 14.0. The summed E-state index contributed by atoms with van der Waals surface area (Å²) in [5.41, 5.74) is 1.39. The van der Waals surface area contributed by atoms with Crippen LogP contribution in [-0.2, 0) is 4.79 Å². The molecule has 0 bridgehead atoms. The second-order valence-corrected chi connectivity index (χ2v) is 5.92. The lowest BCUT2D eigenvalue weighted by Gasteiger charge is -2.20. The number of imide groups is 1. The van der Waals surface area contributed by atoms with Gasteiger partial charge in [-0.2, -0.15) is 9.50 Å². The maximum absolute atomic E-state index is 12.5. The van der Waals surface area contributed by atoms with E-state index in [1.54, 1.807) is 36.5 Å². The minimum atomic E-state index is -1.01. The molecule has 4 rings (SSSR count). The van der Waals surface area contributed by atoms with Gasteiger partial charge in [0.15, 0.2) is 0 Å². The molecule has 0 fully saturated rings. The lowest BCUT2D eigenvalue weighted by atomic mass is 10.1. The van der Waals surface area contributed by atoms with E-state index in [2.05, 4.69) is 20.4 Å². The SMILES string of the molecule is Cc1ccnc2nc(NC(=O)C(C)N3C(=O)c4ccccc4C3=O)nn12. The first-order valence-electron chi connectivity index (χ1n) is 7.93. The van der Waals surface area contributed by atoms with Gasteiger partial charge in [0.05, 0.1) is 11.1 Å². The fourth-order valence-electron chi connectivity index (χ4n) is 2.85. The van der Waals surface area contributed by atoms with Gasteiger partial charge in [-0.15, -0.1) is 5.10 Å². The van der Waals surface area contributed by atoms with Crippen molar-refractivity contribution in [3.63, 3.8) is 0 Å². The van der Waals surface area contributed by atoms with E-state index in [0.29, 0.717) is 16.9 Å². The standard InChI is InChI=1S/C17H14N6O3/c1-9-7-8-18-17-20-16(21-23(9)17)19-13(24)10(2)22-14(25)11-5-3-4-6-12(11)15(22)26/h3-8,10H,1-2H3,(H,19,21,24). The number of nitrogens with one attached hydrogen (secondary N) is 1. The molecule has 0 saturated carbocycles. The molecule has 0 spiro atoms. The van der Waals surface area contributed by atoms with E-state index in [1.807, 2.05) is 6.92 Å². The molecule has 1 aromatic carbocycles. The molecular weight excluding hydrogens is 336 g/mol. The van der Waals surface area contributed by atoms with Crippen LogP contribution in [0.2, 0.25) is 0 Å². The van der Waals surface area contributed by atoms with Crippen molar-refractivity contribution in [2.75, 3.05) is 5.32 Å². The Morgan fingerprint density at radius 2 is 1.77 bits per heavy atom. The fraction of sp³-hybridized carbons (Fsp3) is 0.176. The Labute approximate surface area is 147 Å². The highest BCUT2D eigenvalue weighted by Gasteiger charge is 2.40. The Bertz CT molecular complexity index is 1040. The van der Waals surface area contributed by atoms with Crippen molar-refractivity contribution in [1.29, 1.82) is 0 Å². The molecule has 3 aromatic rings. The van der Waals surface area contributed by atoms with Crippen LogP contribution in [0.5, 0.6) is 0 Å². The summed E-state index contributed by atoms with van der Waals surface area (Å²) >= 11 is 0. The Balaban J connectivity index is 1.57. The molecule has 2 aromatic heterocycles. The van der Waals surface area contributed by atoms with Gasteiger partial charge in [-0.1, -0.05) is 12.1 Å². The first-order chi connectivity index (χ1) is 12.5. The van der Waals surface area contributed by atoms with Crippen LogP contribution >= 0.6 is 0 Å². The Morgan fingerprint density at radius 1 is 1.12 bits per heavy atom. The van der Waals surface area contributed by atoms with Crippen LogP contribution in [0.1, 0.15) is 33.3 Å². The van der Waals surface area contributed by atoms with Gasteiger partial charge in [-0.3, -0.25) is 24.6 Å². The molecule has 3 heterocycles. The fourth-order valence-corrected chi connectivity index (χ4v) is 2.85. The maximum Gasteiger partial charge on any atom is 0.262 e. The summed E-state index contributed by atoms with van der Waals surface area (Å²) in [4.78, 5) is 46.6. The minimum Gasteiger partial charge on any atom is -0.291 e. The third kappa shape index (κ3) is 2.32. The predicted molar refractivity (Wildman–Crippen MR) is 90.6 cm³/mol. The normalized spacial score (nSPS) is 14.6. The van der Waals surface area contributed by atoms with E-state index >= 15 is 0 Å². The molecule has 1 atom stereocenters. The summed E-state index contributed by atoms with van der Waals surface area (Å²) in [6.45, 7) is 3.31. The van der Waals surface area contributed by atoms with Crippen molar-refractivity contribution in [3.8, 4) is 0 Å². The number of fused-ring (bicyclic) bond motifs is 2. The molecular formula is C17H14N6O3. The number of amides is 3. The van der Waals surface area contributed by atoms with Crippen molar-refractivity contribution >= 4 is 29.4 Å². The highest BCUT2D eigenvalue weighted by molar-refractivity contribution is 6.23. The minimum absolute atomic E-state index is 0.0558. The van der Waals surface area contributed by atoms with Gasteiger partial charge in [0.1, 0.15) is 6.04 Å². The number of rotatable bonds is 3.